The van der Waals surface area contributed by atoms with Crippen LogP contribution in [0.4, 0.5) is 5.95 Å². The van der Waals surface area contributed by atoms with Gasteiger partial charge < -0.3 is 5.32 Å². The topological polar surface area (TPSA) is 37.8 Å². The van der Waals surface area contributed by atoms with Crippen molar-refractivity contribution in [3.63, 3.8) is 0 Å². The fourth-order valence-electron chi connectivity index (χ4n) is 1.77. The highest BCUT2D eigenvalue weighted by atomic mass is 15.1. The van der Waals surface area contributed by atoms with Crippen molar-refractivity contribution >= 4 is 5.95 Å². The highest BCUT2D eigenvalue weighted by Gasteiger charge is 2.17. The van der Waals surface area contributed by atoms with Crippen LogP contribution in [-0.2, 0) is 0 Å². The van der Waals surface area contributed by atoms with E-state index in [2.05, 4.69) is 36.1 Å². The van der Waals surface area contributed by atoms with Crippen LogP contribution in [0.15, 0.2) is 6.07 Å². The lowest BCUT2D eigenvalue weighted by atomic mass is 9.99. The van der Waals surface area contributed by atoms with Gasteiger partial charge in [-0.1, -0.05) is 13.3 Å². The third-order valence-electron chi connectivity index (χ3n) is 2.31. The lowest BCUT2D eigenvalue weighted by Crippen LogP contribution is -2.31. The number of aryl methyl sites for hydroxylation is 2. The molecule has 1 aromatic rings. The van der Waals surface area contributed by atoms with Gasteiger partial charge in [-0.15, -0.1) is 0 Å². The molecular formula is C12H21N3. The van der Waals surface area contributed by atoms with Gasteiger partial charge in [0.25, 0.3) is 0 Å². The molecule has 0 atom stereocenters. The van der Waals surface area contributed by atoms with Gasteiger partial charge in [-0.3, -0.25) is 0 Å². The van der Waals surface area contributed by atoms with Crippen LogP contribution >= 0.6 is 0 Å². The maximum absolute atomic E-state index is 4.38. The van der Waals surface area contributed by atoms with Gasteiger partial charge in [0.15, 0.2) is 0 Å². The summed E-state index contributed by atoms with van der Waals surface area (Å²) in [5.41, 5.74) is 2.09. The minimum Gasteiger partial charge on any atom is -0.349 e. The van der Waals surface area contributed by atoms with Crippen molar-refractivity contribution in [1.29, 1.82) is 0 Å². The summed E-state index contributed by atoms with van der Waals surface area (Å²) in [6, 6.07) is 1.98. The fourth-order valence-corrected chi connectivity index (χ4v) is 1.77. The van der Waals surface area contributed by atoms with E-state index >= 15 is 0 Å². The van der Waals surface area contributed by atoms with E-state index in [1.165, 1.54) is 0 Å². The Morgan fingerprint density at radius 3 is 2.20 bits per heavy atom. The van der Waals surface area contributed by atoms with Crippen molar-refractivity contribution < 1.29 is 0 Å². The van der Waals surface area contributed by atoms with E-state index in [1.54, 1.807) is 0 Å². The van der Waals surface area contributed by atoms with Gasteiger partial charge in [0.1, 0.15) is 0 Å². The van der Waals surface area contributed by atoms with E-state index in [9.17, 15) is 0 Å². The lowest BCUT2D eigenvalue weighted by Gasteiger charge is -2.25. The molecule has 0 amide bonds. The van der Waals surface area contributed by atoms with E-state index in [1.807, 2.05) is 19.9 Å². The number of rotatable bonds is 4. The van der Waals surface area contributed by atoms with Crippen LogP contribution in [0.1, 0.15) is 45.0 Å². The Morgan fingerprint density at radius 2 is 1.73 bits per heavy atom. The van der Waals surface area contributed by atoms with Crippen molar-refractivity contribution in [2.24, 2.45) is 0 Å². The zero-order valence-corrected chi connectivity index (χ0v) is 10.4. The number of aromatic nitrogens is 2. The summed E-state index contributed by atoms with van der Waals surface area (Å²) < 4.78 is 0. The smallest absolute Gasteiger partial charge is 0.223 e. The van der Waals surface area contributed by atoms with Gasteiger partial charge in [-0.05, 0) is 40.2 Å². The molecule has 0 aliphatic heterocycles. The van der Waals surface area contributed by atoms with Crippen LogP contribution in [0, 0.1) is 13.8 Å². The number of hydrogen-bond acceptors (Lipinski definition) is 3. The van der Waals surface area contributed by atoms with Crippen LogP contribution in [0.2, 0.25) is 0 Å². The SMILES string of the molecule is CCCC(C)(C)Nc1nc(C)cc(C)n1. The molecule has 1 heterocycles. The molecule has 0 fully saturated rings. The number of hydrogen-bond donors (Lipinski definition) is 1. The van der Waals surface area contributed by atoms with E-state index in [0.29, 0.717) is 0 Å². The normalized spacial score (nSPS) is 11.5. The third kappa shape index (κ3) is 3.86. The molecule has 15 heavy (non-hydrogen) atoms. The minimum atomic E-state index is 0.0645. The van der Waals surface area contributed by atoms with Crippen molar-refractivity contribution in [3.8, 4) is 0 Å². The summed E-state index contributed by atoms with van der Waals surface area (Å²) in [6.07, 6.45) is 2.27. The molecule has 0 aliphatic rings. The molecule has 1 N–H and O–H groups in total. The third-order valence-corrected chi connectivity index (χ3v) is 2.31. The Morgan fingerprint density at radius 1 is 1.20 bits per heavy atom. The highest BCUT2D eigenvalue weighted by molar-refractivity contribution is 5.30. The summed E-state index contributed by atoms with van der Waals surface area (Å²) in [5.74, 6) is 0.742. The molecule has 3 nitrogen and oxygen atoms in total. The molecule has 0 radical (unpaired) electrons. The summed E-state index contributed by atoms with van der Waals surface area (Å²) in [5, 5.41) is 3.38. The van der Waals surface area contributed by atoms with Gasteiger partial charge in [0, 0.05) is 16.9 Å². The van der Waals surface area contributed by atoms with Crippen LogP contribution in [0.3, 0.4) is 0 Å². The van der Waals surface area contributed by atoms with E-state index in [4.69, 9.17) is 0 Å². The molecule has 3 heteroatoms. The Bertz CT molecular complexity index is 311. The van der Waals surface area contributed by atoms with Gasteiger partial charge in [-0.25, -0.2) is 9.97 Å². The molecular weight excluding hydrogens is 186 g/mol. The van der Waals surface area contributed by atoms with Gasteiger partial charge in [0.2, 0.25) is 5.95 Å². The maximum atomic E-state index is 4.38. The zero-order valence-electron chi connectivity index (χ0n) is 10.4. The van der Waals surface area contributed by atoms with E-state index < -0.39 is 0 Å². The van der Waals surface area contributed by atoms with Crippen LogP contribution in [-0.4, -0.2) is 15.5 Å². The Balaban J connectivity index is 2.80. The largest absolute Gasteiger partial charge is 0.349 e. The second kappa shape index (κ2) is 4.60. The summed E-state index contributed by atoms with van der Waals surface area (Å²) in [6.45, 7) is 10.5. The first-order valence-corrected chi connectivity index (χ1v) is 5.53. The summed E-state index contributed by atoms with van der Waals surface area (Å²) in [4.78, 5) is 8.76. The van der Waals surface area contributed by atoms with Crippen LogP contribution in [0.25, 0.3) is 0 Å². The lowest BCUT2D eigenvalue weighted by molar-refractivity contribution is 0.506. The molecule has 1 aromatic heterocycles. The molecule has 84 valence electrons. The number of nitrogens with one attached hydrogen (secondary N) is 1. The van der Waals surface area contributed by atoms with Gasteiger partial charge in [0.05, 0.1) is 0 Å². The Kier molecular flexibility index (Phi) is 3.66. The molecule has 0 unspecified atom stereocenters. The number of nitrogens with zero attached hydrogens (tertiary/aromatic N) is 2. The first-order valence-electron chi connectivity index (χ1n) is 5.53. The minimum absolute atomic E-state index is 0.0645. The van der Waals surface area contributed by atoms with Crippen LogP contribution < -0.4 is 5.32 Å². The number of anilines is 1. The Labute approximate surface area is 92.3 Å². The van der Waals surface area contributed by atoms with Gasteiger partial charge >= 0.3 is 0 Å². The summed E-state index contributed by atoms with van der Waals surface area (Å²) >= 11 is 0. The first kappa shape index (κ1) is 12.0. The summed E-state index contributed by atoms with van der Waals surface area (Å²) in [7, 11) is 0. The second-order valence-corrected chi connectivity index (χ2v) is 4.73. The quantitative estimate of drug-likeness (QED) is 0.824. The average molecular weight is 207 g/mol. The van der Waals surface area contributed by atoms with Crippen molar-refractivity contribution in [3.05, 3.63) is 17.5 Å². The molecule has 0 aromatic carbocycles. The molecule has 0 bridgehead atoms. The fraction of sp³-hybridized carbons (Fsp3) is 0.667. The molecule has 0 saturated carbocycles. The highest BCUT2D eigenvalue weighted by Crippen LogP contribution is 2.17. The van der Waals surface area contributed by atoms with Crippen LogP contribution in [0.5, 0.6) is 0 Å². The van der Waals surface area contributed by atoms with Gasteiger partial charge in [-0.2, -0.15) is 0 Å². The molecule has 1 rings (SSSR count). The molecule has 0 aliphatic carbocycles. The zero-order chi connectivity index (χ0) is 11.5. The predicted octanol–water partition coefficient (Wildman–Crippen LogP) is 3.08. The van der Waals surface area contributed by atoms with E-state index in [0.717, 1.165) is 30.2 Å². The first-order chi connectivity index (χ1) is 6.93. The second-order valence-electron chi connectivity index (χ2n) is 4.73. The molecule has 0 saturated heterocycles. The van der Waals surface area contributed by atoms with E-state index in [-0.39, 0.29) is 5.54 Å². The van der Waals surface area contributed by atoms with Crippen molar-refractivity contribution in [2.45, 2.75) is 53.0 Å². The standard InChI is InChI=1S/C12H21N3/c1-6-7-12(4,5)15-11-13-9(2)8-10(3)14-11/h8H,6-7H2,1-5H3,(H,13,14,15). The predicted molar refractivity (Wildman–Crippen MR) is 64.1 cm³/mol. The monoisotopic (exact) mass is 207 g/mol. The average Bonchev–Trinajstić information content (AvgIpc) is 1.99. The van der Waals surface area contributed by atoms with Crippen molar-refractivity contribution in [2.75, 3.05) is 5.32 Å². The maximum Gasteiger partial charge on any atom is 0.223 e. The Hall–Kier alpha value is -1.12. The molecule has 0 spiro atoms. The van der Waals surface area contributed by atoms with Crippen molar-refractivity contribution in [1.82, 2.24) is 9.97 Å².